The Kier molecular flexibility index (Phi) is 5.29. The molecule has 0 aromatic carbocycles. The van der Waals surface area contributed by atoms with E-state index in [0.29, 0.717) is 0 Å². The number of ether oxygens (including phenoxy) is 1. The summed E-state index contributed by atoms with van der Waals surface area (Å²) in [6, 6.07) is 4.08. The second kappa shape index (κ2) is 7.40. The minimum Gasteiger partial charge on any atom is -0.454 e. The first kappa shape index (κ1) is 15.0. The zero-order valence-corrected chi connectivity index (χ0v) is 13.7. The molecule has 0 spiro atoms. The van der Waals surface area contributed by atoms with Gasteiger partial charge in [-0.05, 0) is 43.8 Å². The molecule has 0 aliphatic carbocycles. The van der Waals surface area contributed by atoms with E-state index in [4.69, 9.17) is 9.15 Å². The Balaban J connectivity index is 1.44. The third-order valence-electron chi connectivity index (χ3n) is 3.33. The number of aromatic nitrogens is 2. The molecular weight excluding hydrogens is 306 g/mol. The van der Waals surface area contributed by atoms with Crippen molar-refractivity contribution in [2.75, 3.05) is 32.8 Å². The summed E-state index contributed by atoms with van der Waals surface area (Å²) >= 11 is 3.13. The van der Waals surface area contributed by atoms with Gasteiger partial charge < -0.3 is 9.15 Å². The van der Waals surface area contributed by atoms with Crippen LogP contribution in [0.1, 0.15) is 17.2 Å². The van der Waals surface area contributed by atoms with Crippen molar-refractivity contribution in [2.45, 2.75) is 29.2 Å². The van der Waals surface area contributed by atoms with Crippen LogP contribution in [0, 0.1) is 6.92 Å². The second-order valence-corrected chi connectivity index (χ2v) is 7.40. The fourth-order valence-corrected chi connectivity index (χ4v) is 3.98. The monoisotopic (exact) mass is 325 g/mol. The third kappa shape index (κ3) is 4.54. The second-order valence-electron chi connectivity index (χ2n) is 4.97. The van der Waals surface area contributed by atoms with Gasteiger partial charge in [0.05, 0.1) is 13.2 Å². The molecule has 0 atom stereocenters. The van der Waals surface area contributed by atoms with Crippen molar-refractivity contribution in [3.63, 3.8) is 0 Å². The fourth-order valence-electron chi connectivity index (χ4n) is 2.25. The van der Waals surface area contributed by atoms with Gasteiger partial charge in [0.2, 0.25) is 0 Å². The quantitative estimate of drug-likeness (QED) is 0.814. The summed E-state index contributed by atoms with van der Waals surface area (Å²) in [4.78, 5) is 2.45. The predicted molar refractivity (Wildman–Crippen MR) is 83.1 cm³/mol. The summed E-state index contributed by atoms with van der Waals surface area (Å²) in [5.74, 6) is 1.05. The van der Waals surface area contributed by atoms with E-state index >= 15 is 0 Å². The number of rotatable bonds is 6. The molecule has 0 unspecified atom stereocenters. The van der Waals surface area contributed by atoms with Crippen LogP contribution >= 0.6 is 23.1 Å². The van der Waals surface area contributed by atoms with E-state index in [0.717, 1.165) is 65.9 Å². The number of aryl methyl sites for hydroxylation is 2. The van der Waals surface area contributed by atoms with Crippen LogP contribution in [0.2, 0.25) is 0 Å². The molecule has 0 radical (unpaired) electrons. The Morgan fingerprint density at radius 2 is 2.14 bits per heavy atom. The molecule has 3 heterocycles. The maximum Gasteiger partial charge on any atom is 0.181 e. The molecule has 114 valence electrons. The number of nitrogens with zero attached hydrogens (tertiary/aromatic N) is 3. The first-order valence-corrected chi connectivity index (χ1v) is 8.80. The van der Waals surface area contributed by atoms with Crippen molar-refractivity contribution < 1.29 is 9.15 Å². The van der Waals surface area contributed by atoms with E-state index in [1.165, 1.54) is 0 Å². The lowest BCUT2D eigenvalue weighted by atomic mass is 10.2. The molecule has 0 bridgehead atoms. The van der Waals surface area contributed by atoms with Gasteiger partial charge in [0, 0.05) is 19.5 Å². The van der Waals surface area contributed by atoms with Gasteiger partial charge in [-0.2, -0.15) is 0 Å². The molecule has 0 amide bonds. The first-order chi connectivity index (χ1) is 10.3. The standard InChI is InChI=1S/C14H19N3O2S2/c1-11-15-16-14(20-11)21-13-5-4-12(19-13)3-2-6-17-7-9-18-10-8-17/h4-5H,2-3,6-10H2,1H3. The molecule has 1 saturated heterocycles. The van der Waals surface area contributed by atoms with Crippen LogP contribution < -0.4 is 0 Å². The van der Waals surface area contributed by atoms with Crippen molar-refractivity contribution in [1.82, 2.24) is 15.1 Å². The Bertz CT molecular complexity index is 564. The van der Waals surface area contributed by atoms with E-state index in [9.17, 15) is 0 Å². The summed E-state index contributed by atoms with van der Waals surface area (Å²) in [6.45, 7) is 6.90. The molecule has 2 aromatic heterocycles. The predicted octanol–water partition coefficient (Wildman–Crippen LogP) is 2.86. The summed E-state index contributed by atoms with van der Waals surface area (Å²) in [5.41, 5.74) is 0. The van der Waals surface area contributed by atoms with Gasteiger partial charge in [0.25, 0.3) is 0 Å². The van der Waals surface area contributed by atoms with Crippen molar-refractivity contribution in [2.24, 2.45) is 0 Å². The van der Waals surface area contributed by atoms with Crippen molar-refractivity contribution in [3.8, 4) is 0 Å². The van der Waals surface area contributed by atoms with Crippen LogP contribution in [0.25, 0.3) is 0 Å². The zero-order chi connectivity index (χ0) is 14.5. The lowest BCUT2D eigenvalue weighted by Gasteiger charge is -2.26. The van der Waals surface area contributed by atoms with Gasteiger partial charge >= 0.3 is 0 Å². The summed E-state index contributed by atoms with van der Waals surface area (Å²) in [7, 11) is 0. The van der Waals surface area contributed by atoms with Gasteiger partial charge in [-0.1, -0.05) is 11.3 Å². The number of hydrogen-bond acceptors (Lipinski definition) is 7. The zero-order valence-electron chi connectivity index (χ0n) is 12.1. The highest BCUT2D eigenvalue weighted by Gasteiger charge is 2.11. The van der Waals surface area contributed by atoms with Gasteiger partial charge in [-0.25, -0.2) is 0 Å². The third-order valence-corrected chi connectivity index (χ3v) is 5.14. The van der Waals surface area contributed by atoms with E-state index in [1.54, 1.807) is 23.1 Å². The topological polar surface area (TPSA) is 51.4 Å². The van der Waals surface area contributed by atoms with E-state index in [1.807, 2.05) is 13.0 Å². The molecule has 3 rings (SSSR count). The normalized spacial score (nSPS) is 16.4. The highest BCUT2D eigenvalue weighted by molar-refractivity contribution is 8.00. The van der Waals surface area contributed by atoms with Crippen molar-refractivity contribution >= 4 is 23.1 Å². The highest BCUT2D eigenvalue weighted by Crippen LogP contribution is 2.31. The van der Waals surface area contributed by atoms with Gasteiger partial charge in [0.15, 0.2) is 9.43 Å². The molecule has 1 aliphatic heterocycles. The smallest absolute Gasteiger partial charge is 0.181 e. The molecule has 0 N–H and O–H groups in total. The number of morpholine rings is 1. The summed E-state index contributed by atoms with van der Waals surface area (Å²) in [6.07, 6.45) is 2.10. The first-order valence-electron chi connectivity index (χ1n) is 7.16. The van der Waals surface area contributed by atoms with E-state index < -0.39 is 0 Å². The summed E-state index contributed by atoms with van der Waals surface area (Å²) in [5, 5.41) is 9.99. The molecule has 1 fully saturated rings. The Morgan fingerprint density at radius 3 is 2.90 bits per heavy atom. The minimum absolute atomic E-state index is 0.864. The minimum atomic E-state index is 0.864. The molecule has 5 nitrogen and oxygen atoms in total. The average molecular weight is 325 g/mol. The largest absolute Gasteiger partial charge is 0.454 e. The molecular formula is C14H19N3O2S2. The van der Waals surface area contributed by atoms with Crippen LogP contribution in [0.5, 0.6) is 0 Å². The van der Waals surface area contributed by atoms with Gasteiger partial charge in [0.1, 0.15) is 10.8 Å². The maximum atomic E-state index is 5.84. The van der Waals surface area contributed by atoms with Crippen LogP contribution in [-0.2, 0) is 11.2 Å². The highest BCUT2D eigenvalue weighted by atomic mass is 32.2. The van der Waals surface area contributed by atoms with Crippen LogP contribution in [0.3, 0.4) is 0 Å². The van der Waals surface area contributed by atoms with Crippen molar-refractivity contribution in [1.29, 1.82) is 0 Å². The Labute approximate surface area is 132 Å². The molecule has 2 aromatic rings. The van der Waals surface area contributed by atoms with Crippen LogP contribution in [0.4, 0.5) is 0 Å². The SMILES string of the molecule is Cc1nnc(Sc2ccc(CCCN3CCOCC3)o2)s1. The van der Waals surface area contributed by atoms with E-state index in [-0.39, 0.29) is 0 Å². The molecule has 0 saturated carbocycles. The lowest BCUT2D eigenvalue weighted by molar-refractivity contribution is 0.0373. The maximum absolute atomic E-state index is 5.84. The van der Waals surface area contributed by atoms with Crippen LogP contribution in [-0.4, -0.2) is 47.9 Å². The lowest BCUT2D eigenvalue weighted by Crippen LogP contribution is -2.36. The van der Waals surface area contributed by atoms with E-state index in [2.05, 4.69) is 21.2 Å². The van der Waals surface area contributed by atoms with Gasteiger partial charge in [-0.3, -0.25) is 4.90 Å². The fraction of sp³-hybridized carbons (Fsp3) is 0.571. The number of hydrogen-bond donors (Lipinski definition) is 0. The Morgan fingerprint density at radius 1 is 1.29 bits per heavy atom. The van der Waals surface area contributed by atoms with Crippen LogP contribution in [0.15, 0.2) is 26.0 Å². The molecule has 7 heteroatoms. The summed E-state index contributed by atoms with van der Waals surface area (Å²) < 4.78 is 12.1. The number of furan rings is 1. The Hall–Kier alpha value is -0.890. The average Bonchev–Trinajstić information content (AvgIpc) is 3.10. The molecule has 1 aliphatic rings. The van der Waals surface area contributed by atoms with Crippen molar-refractivity contribution in [3.05, 3.63) is 22.9 Å². The van der Waals surface area contributed by atoms with Gasteiger partial charge in [-0.15, -0.1) is 10.2 Å². The molecule has 21 heavy (non-hydrogen) atoms.